The van der Waals surface area contributed by atoms with Crippen LogP contribution in [0, 0.1) is 0 Å². The number of hydrogen-bond acceptors (Lipinski definition) is 3. The molecule has 0 aromatic heterocycles. The van der Waals surface area contributed by atoms with Gasteiger partial charge in [-0.1, -0.05) is 30.7 Å². The van der Waals surface area contributed by atoms with Crippen molar-refractivity contribution in [2.75, 3.05) is 19.7 Å². The second-order valence-corrected chi connectivity index (χ2v) is 6.90. The predicted molar refractivity (Wildman–Crippen MR) is 84.1 cm³/mol. The van der Waals surface area contributed by atoms with Crippen molar-refractivity contribution in [2.45, 2.75) is 36.9 Å². The Morgan fingerprint density at radius 3 is 2.89 bits per heavy atom. The van der Waals surface area contributed by atoms with E-state index in [1.165, 1.54) is 18.4 Å². The normalized spacial score (nSPS) is 20.6. The highest BCUT2D eigenvalue weighted by Crippen LogP contribution is 2.19. The van der Waals surface area contributed by atoms with Crippen LogP contribution in [-0.2, 0) is 10.5 Å². The van der Waals surface area contributed by atoms with Crippen molar-refractivity contribution in [3.63, 3.8) is 0 Å². The summed E-state index contributed by atoms with van der Waals surface area (Å²) in [5.41, 5.74) is 1.33. The summed E-state index contributed by atoms with van der Waals surface area (Å²) in [6.45, 7) is 5.24. The van der Waals surface area contributed by atoms with Gasteiger partial charge in [0.15, 0.2) is 0 Å². The van der Waals surface area contributed by atoms with Crippen LogP contribution < -0.4 is 5.32 Å². The lowest BCUT2D eigenvalue weighted by molar-refractivity contribution is 0.110. The molecule has 1 saturated heterocycles. The average molecular weight is 300 g/mol. The Kier molecular flexibility index (Phi) is 6.51. The minimum absolute atomic E-state index is 0.438. The molecule has 106 valence electrons. The van der Waals surface area contributed by atoms with E-state index in [2.05, 4.69) is 24.4 Å². The van der Waals surface area contributed by atoms with E-state index in [0.29, 0.717) is 11.4 Å². The fourth-order valence-corrected chi connectivity index (χ4v) is 3.16. The number of benzene rings is 1. The molecule has 0 saturated carbocycles. The molecule has 0 bridgehead atoms. The largest absolute Gasteiger partial charge is 0.377 e. The van der Waals surface area contributed by atoms with Crippen LogP contribution >= 0.6 is 23.4 Å². The average Bonchev–Trinajstić information content (AvgIpc) is 2.91. The maximum atomic E-state index is 5.88. The Morgan fingerprint density at radius 1 is 1.42 bits per heavy atom. The van der Waals surface area contributed by atoms with Crippen LogP contribution in [0.15, 0.2) is 24.3 Å². The second-order valence-electron chi connectivity index (χ2n) is 5.04. The van der Waals surface area contributed by atoms with Gasteiger partial charge >= 0.3 is 0 Å². The Labute approximate surface area is 125 Å². The zero-order valence-electron chi connectivity index (χ0n) is 11.4. The van der Waals surface area contributed by atoms with E-state index in [9.17, 15) is 0 Å². The van der Waals surface area contributed by atoms with E-state index in [4.69, 9.17) is 16.3 Å². The predicted octanol–water partition coefficient (Wildman–Crippen LogP) is 3.73. The summed E-state index contributed by atoms with van der Waals surface area (Å²) >= 11 is 7.85. The van der Waals surface area contributed by atoms with Gasteiger partial charge in [0.05, 0.1) is 6.10 Å². The molecule has 0 spiro atoms. The summed E-state index contributed by atoms with van der Waals surface area (Å²) in [4.78, 5) is 0. The maximum absolute atomic E-state index is 5.88. The highest BCUT2D eigenvalue weighted by Gasteiger charge is 2.14. The summed E-state index contributed by atoms with van der Waals surface area (Å²) in [6.07, 6.45) is 2.86. The van der Waals surface area contributed by atoms with Crippen LogP contribution in [0.25, 0.3) is 0 Å². The third-order valence-electron chi connectivity index (χ3n) is 3.28. The van der Waals surface area contributed by atoms with Crippen LogP contribution in [0.1, 0.15) is 25.3 Å². The number of hydrogen-bond donors (Lipinski definition) is 1. The molecule has 1 aromatic carbocycles. The van der Waals surface area contributed by atoms with Crippen molar-refractivity contribution >= 4 is 23.4 Å². The molecule has 0 aliphatic carbocycles. The first-order valence-corrected chi connectivity index (χ1v) is 8.35. The molecule has 0 radical (unpaired) electrons. The van der Waals surface area contributed by atoms with E-state index in [1.54, 1.807) is 0 Å². The van der Waals surface area contributed by atoms with Crippen molar-refractivity contribution in [1.82, 2.24) is 5.32 Å². The smallest absolute Gasteiger partial charge is 0.0700 e. The lowest BCUT2D eigenvalue weighted by Gasteiger charge is -2.15. The molecule has 2 unspecified atom stereocenters. The summed E-state index contributed by atoms with van der Waals surface area (Å²) < 4.78 is 5.59. The summed E-state index contributed by atoms with van der Waals surface area (Å²) in [5, 5.41) is 4.92. The van der Waals surface area contributed by atoms with Crippen molar-refractivity contribution in [2.24, 2.45) is 0 Å². The SMILES string of the molecule is CC(CNCC1CCCO1)SCc1ccc(Cl)cc1. The third-order valence-corrected chi connectivity index (χ3v) is 4.76. The summed E-state index contributed by atoms with van der Waals surface area (Å²) in [7, 11) is 0. The van der Waals surface area contributed by atoms with E-state index in [-0.39, 0.29) is 0 Å². The molecule has 1 heterocycles. The first-order valence-electron chi connectivity index (χ1n) is 6.92. The van der Waals surface area contributed by atoms with E-state index in [1.807, 2.05) is 23.9 Å². The van der Waals surface area contributed by atoms with Crippen LogP contribution in [0.3, 0.4) is 0 Å². The number of ether oxygens (including phenoxy) is 1. The Balaban J connectivity index is 1.58. The van der Waals surface area contributed by atoms with E-state index < -0.39 is 0 Å². The van der Waals surface area contributed by atoms with Gasteiger partial charge in [-0.15, -0.1) is 0 Å². The van der Waals surface area contributed by atoms with E-state index in [0.717, 1.165) is 30.5 Å². The molecule has 1 aliphatic rings. The monoisotopic (exact) mass is 299 g/mol. The van der Waals surface area contributed by atoms with Gasteiger partial charge in [0.1, 0.15) is 0 Å². The standard InChI is InChI=1S/C15H22ClNOS/c1-12(9-17-10-15-3-2-8-18-15)19-11-13-4-6-14(16)7-5-13/h4-7,12,15,17H,2-3,8-11H2,1H3. The molecular formula is C15H22ClNOS. The second kappa shape index (κ2) is 8.15. The maximum Gasteiger partial charge on any atom is 0.0700 e. The zero-order valence-corrected chi connectivity index (χ0v) is 13.0. The first-order chi connectivity index (χ1) is 9.24. The molecule has 0 amide bonds. The van der Waals surface area contributed by atoms with E-state index >= 15 is 0 Å². The quantitative estimate of drug-likeness (QED) is 0.829. The van der Waals surface area contributed by atoms with Gasteiger partial charge in [0.2, 0.25) is 0 Å². The van der Waals surface area contributed by atoms with Crippen molar-refractivity contribution < 1.29 is 4.74 Å². The van der Waals surface area contributed by atoms with Gasteiger partial charge in [-0.05, 0) is 30.5 Å². The van der Waals surface area contributed by atoms with Gasteiger partial charge in [-0.3, -0.25) is 0 Å². The number of rotatable bonds is 7. The number of thioether (sulfide) groups is 1. The van der Waals surface area contributed by atoms with Gasteiger partial charge in [-0.2, -0.15) is 11.8 Å². The highest BCUT2D eigenvalue weighted by molar-refractivity contribution is 7.99. The third kappa shape index (κ3) is 5.74. The van der Waals surface area contributed by atoms with Crippen LogP contribution in [0.2, 0.25) is 5.02 Å². The number of halogens is 1. The molecule has 1 N–H and O–H groups in total. The molecule has 19 heavy (non-hydrogen) atoms. The minimum atomic E-state index is 0.438. The Hall–Kier alpha value is -0.220. The van der Waals surface area contributed by atoms with Gasteiger partial charge in [0, 0.05) is 35.7 Å². The lowest BCUT2D eigenvalue weighted by Crippen LogP contribution is -2.30. The number of nitrogens with one attached hydrogen (secondary N) is 1. The van der Waals surface area contributed by atoms with Gasteiger partial charge < -0.3 is 10.1 Å². The van der Waals surface area contributed by atoms with Crippen LogP contribution in [-0.4, -0.2) is 31.1 Å². The molecular weight excluding hydrogens is 278 g/mol. The fourth-order valence-electron chi connectivity index (χ4n) is 2.13. The molecule has 2 atom stereocenters. The summed E-state index contributed by atoms with van der Waals surface area (Å²) in [6, 6.07) is 8.11. The molecule has 1 fully saturated rings. The Bertz CT molecular complexity index is 365. The van der Waals surface area contributed by atoms with Crippen LogP contribution in [0.4, 0.5) is 0 Å². The Morgan fingerprint density at radius 2 is 2.21 bits per heavy atom. The topological polar surface area (TPSA) is 21.3 Å². The zero-order chi connectivity index (χ0) is 13.5. The van der Waals surface area contributed by atoms with Crippen LogP contribution in [0.5, 0.6) is 0 Å². The fraction of sp³-hybridized carbons (Fsp3) is 0.600. The van der Waals surface area contributed by atoms with Gasteiger partial charge in [-0.25, -0.2) is 0 Å². The summed E-state index contributed by atoms with van der Waals surface area (Å²) in [5.74, 6) is 1.04. The molecule has 4 heteroatoms. The minimum Gasteiger partial charge on any atom is -0.377 e. The lowest BCUT2D eigenvalue weighted by atomic mass is 10.2. The molecule has 2 rings (SSSR count). The van der Waals surface area contributed by atoms with Crippen molar-refractivity contribution in [1.29, 1.82) is 0 Å². The van der Waals surface area contributed by atoms with Crippen molar-refractivity contribution in [3.8, 4) is 0 Å². The van der Waals surface area contributed by atoms with Crippen molar-refractivity contribution in [3.05, 3.63) is 34.9 Å². The highest BCUT2D eigenvalue weighted by atomic mass is 35.5. The molecule has 2 nitrogen and oxygen atoms in total. The molecule has 1 aliphatic heterocycles. The van der Waals surface area contributed by atoms with Gasteiger partial charge in [0.25, 0.3) is 0 Å². The first kappa shape index (κ1) is 15.2. The molecule has 1 aromatic rings.